The van der Waals surface area contributed by atoms with Gasteiger partial charge in [0.1, 0.15) is 5.75 Å². The largest absolute Gasteiger partial charge is 0.468 e. The molecule has 1 rings (SSSR count). The monoisotopic (exact) mass is 310 g/mol. The molecule has 0 aromatic heterocycles. The van der Waals surface area contributed by atoms with E-state index >= 15 is 0 Å². The highest BCUT2D eigenvalue weighted by Crippen LogP contribution is 2.09. The van der Waals surface area contributed by atoms with Crippen molar-refractivity contribution in [1.82, 2.24) is 0 Å². The zero-order valence-corrected chi connectivity index (χ0v) is 12.1. The van der Waals surface area contributed by atoms with Crippen LogP contribution in [0.4, 0.5) is 5.69 Å². The average Bonchev–Trinajstić information content (AvgIpc) is 2.45. The topological polar surface area (TPSA) is 113 Å². The van der Waals surface area contributed by atoms with Crippen molar-refractivity contribution in [3.8, 4) is 6.07 Å². The standard InChI is InChI=1S/C13H14N2O5S/c1-20-13(17)9-21(18,19)7-6-12(16)15-11-4-2-10(8-14)3-5-11/h2-5H,6-7,9H2,1H3,(H,15,16). The first-order valence-corrected chi connectivity index (χ1v) is 7.75. The van der Waals surface area contributed by atoms with Crippen LogP contribution in [0, 0.1) is 11.3 Å². The van der Waals surface area contributed by atoms with Crippen LogP contribution >= 0.6 is 0 Å². The van der Waals surface area contributed by atoms with E-state index < -0.39 is 33.2 Å². The van der Waals surface area contributed by atoms with E-state index in [4.69, 9.17) is 5.26 Å². The van der Waals surface area contributed by atoms with Crippen LogP contribution in [0.1, 0.15) is 12.0 Å². The minimum atomic E-state index is -3.67. The number of amides is 1. The molecule has 0 heterocycles. The van der Waals surface area contributed by atoms with Gasteiger partial charge < -0.3 is 10.1 Å². The molecule has 1 aromatic rings. The number of anilines is 1. The van der Waals surface area contributed by atoms with Crippen molar-refractivity contribution in [1.29, 1.82) is 5.26 Å². The molecule has 0 saturated heterocycles. The number of ether oxygens (including phenoxy) is 1. The Morgan fingerprint density at radius 2 is 1.90 bits per heavy atom. The number of benzene rings is 1. The summed E-state index contributed by atoms with van der Waals surface area (Å²) in [5, 5.41) is 11.1. The van der Waals surface area contributed by atoms with Crippen LogP contribution < -0.4 is 5.32 Å². The summed E-state index contributed by atoms with van der Waals surface area (Å²) in [4.78, 5) is 22.5. The molecular formula is C13H14N2O5S. The summed E-state index contributed by atoms with van der Waals surface area (Å²) in [5.74, 6) is -2.53. The second-order valence-corrected chi connectivity index (χ2v) is 6.34. The lowest BCUT2D eigenvalue weighted by molar-refractivity contribution is -0.137. The molecule has 112 valence electrons. The first-order chi connectivity index (χ1) is 9.86. The van der Waals surface area contributed by atoms with Crippen LogP contribution in [0.2, 0.25) is 0 Å². The van der Waals surface area contributed by atoms with E-state index in [0.717, 1.165) is 7.11 Å². The number of sulfone groups is 1. The molecule has 0 aliphatic carbocycles. The lowest BCUT2D eigenvalue weighted by atomic mass is 10.2. The SMILES string of the molecule is COC(=O)CS(=O)(=O)CCC(=O)Nc1ccc(C#N)cc1. The number of carbonyl (C=O) groups is 2. The van der Waals surface area contributed by atoms with Crippen molar-refractivity contribution >= 4 is 27.4 Å². The van der Waals surface area contributed by atoms with Crippen molar-refractivity contribution in [2.75, 3.05) is 23.9 Å². The maximum atomic E-state index is 11.6. The minimum absolute atomic E-state index is 0.265. The lowest BCUT2D eigenvalue weighted by Gasteiger charge is -2.06. The zero-order valence-electron chi connectivity index (χ0n) is 11.3. The molecule has 0 unspecified atom stereocenters. The average molecular weight is 310 g/mol. The summed E-state index contributed by atoms with van der Waals surface area (Å²) >= 11 is 0. The Balaban J connectivity index is 2.50. The Hall–Kier alpha value is -2.40. The number of rotatable bonds is 6. The summed E-state index contributed by atoms with van der Waals surface area (Å²) in [7, 11) is -2.58. The summed E-state index contributed by atoms with van der Waals surface area (Å²) in [6, 6.07) is 8.09. The molecule has 0 atom stereocenters. The van der Waals surface area contributed by atoms with Gasteiger partial charge in [-0.2, -0.15) is 5.26 Å². The number of hydrogen-bond donors (Lipinski definition) is 1. The van der Waals surface area contributed by atoms with E-state index in [2.05, 4.69) is 10.1 Å². The van der Waals surface area contributed by atoms with Crippen molar-refractivity contribution in [2.24, 2.45) is 0 Å². The molecule has 0 radical (unpaired) electrons. The predicted molar refractivity (Wildman–Crippen MR) is 75.1 cm³/mol. The fourth-order valence-electron chi connectivity index (χ4n) is 1.41. The van der Waals surface area contributed by atoms with Gasteiger partial charge in [0.15, 0.2) is 9.84 Å². The zero-order chi connectivity index (χ0) is 15.9. The second-order valence-electron chi connectivity index (χ2n) is 4.16. The molecular weight excluding hydrogens is 296 g/mol. The second kappa shape index (κ2) is 7.40. The number of nitriles is 1. The molecule has 0 fully saturated rings. The Labute approximate surface area is 122 Å². The van der Waals surface area contributed by atoms with Gasteiger partial charge in [0.25, 0.3) is 0 Å². The molecule has 0 aliphatic rings. The molecule has 0 aliphatic heterocycles. The molecule has 21 heavy (non-hydrogen) atoms. The van der Waals surface area contributed by atoms with E-state index in [-0.39, 0.29) is 6.42 Å². The number of nitrogens with one attached hydrogen (secondary N) is 1. The molecule has 1 aromatic carbocycles. The summed E-state index contributed by atoms with van der Waals surface area (Å²) in [5.41, 5.74) is 0.915. The molecule has 0 bridgehead atoms. The Morgan fingerprint density at radius 1 is 1.29 bits per heavy atom. The smallest absolute Gasteiger partial charge is 0.320 e. The van der Waals surface area contributed by atoms with Crippen LogP contribution in [0.25, 0.3) is 0 Å². The third-order valence-electron chi connectivity index (χ3n) is 2.50. The van der Waals surface area contributed by atoms with Crippen molar-refractivity contribution in [3.63, 3.8) is 0 Å². The summed E-state index contributed by atoms with van der Waals surface area (Å²) in [6.07, 6.45) is -0.265. The normalized spacial score (nSPS) is 10.5. The van der Waals surface area contributed by atoms with Crippen LogP contribution in [0.3, 0.4) is 0 Å². The number of esters is 1. The van der Waals surface area contributed by atoms with E-state index in [1.54, 1.807) is 12.1 Å². The fourth-order valence-corrected chi connectivity index (χ4v) is 2.53. The highest BCUT2D eigenvalue weighted by Gasteiger charge is 2.18. The van der Waals surface area contributed by atoms with E-state index in [0.29, 0.717) is 11.3 Å². The minimum Gasteiger partial charge on any atom is -0.468 e. The summed E-state index contributed by atoms with van der Waals surface area (Å²) < 4.78 is 27.3. The Morgan fingerprint density at radius 3 is 2.43 bits per heavy atom. The third-order valence-corrected chi connectivity index (χ3v) is 4.00. The van der Waals surface area contributed by atoms with Crippen molar-refractivity contribution in [3.05, 3.63) is 29.8 Å². The summed E-state index contributed by atoms with van der Waals surface area (Å²) in [6.45, 7) is 0. The lowest BCUT2D eigenvalue weighted by Crippen LogP contribution is -2.23. The van der Waals surface area contributed by atoms with Gasteiger partial charge in [0, 0.05) is 12.1 Å². The Bertz CT molecular complexity index is 659. The van der Waals surface area contributed by atoms with Gasteiger partial charge in [-0.05, 0) is 24.3 Å². The third kappa shape index (κ3) is 6.05. The van der Waals surface area contributed by atoms with Crippen LogP contribution in [-0.2, 0) is 24.2 Å². The first-order valence-electron chi connectivity index (χ1n) is 5.93. The van der Waals surface area contributed by atoms with E-state index in [9.17, 15) is 18.0 Å². The molecule has 1 N–H and O–H groups in total. The van der Waals surface area contributed by atoms with Gasteiger partial charge in [-0.25, -0.2) is 8.42 Å². The van der Waals surface area contributed by atoms with Crippen molar-refractivity contribution < 1.29 is 22.7 Å². The highest BCUT2D eigenvalue weighted by molar-refractivity contribution is 7.92. The van der Waals surface area contributed by atoms with Gasteiger partial charge in [-0.15, -0.1) is 0 Å². The molecule has 0 spiro atoms. The first kappa shape index (κ1) is 16.7. The van der Waals surface area contributed by atoms with Gasteiger partial charge in [-0.1, -0.05) is 0 Å². The molecule has 1 amide bonds. The molecule has 7 nitrogen and oxygen atoms in total. The van der Waals surface area contributed by atoms with Crippen LogP contribution in [-0.4, -0.2) is 38.9 Å². The fraction of sp³-hybridized carbons (Fsp3) is 0.308. The van der Waals surface area contributed by atoms with Gasteiger partial charge in [0.05, 0.1) is 24.5 Å². The molecule has 0 saturated carbocycles. The predicted octanol–water partition coefficient (Wildman–Crippen LogP) is 0.475. The van der Waals surface area contributed by atoms with E-state index in [1.165, 1.54) is 12.1 Å². The van der Waals surface area contributed by atoms with Gasteiger partial charge >= 0.3 is 5.97 Å². The van der Waals surface area contributed by atoms with Crippen LogP contribution in [0.5, 0.6) is 0 Å². The van der Waals surface area contributed by atoms with Gasteiger partial charge in [0.2, 0.25) is 5.91 Å². The number of methoxy groups -OCH3 is 1. The number of nitrogens with zero attached hydrogens (tertiary/aromatic N) is 1. The number of carbonyl (C=O) groups excluding carboxylic acids is 2. The number of hydrogen-bond acceptors (Lipinski definition) is 6. The van der Waals surface area contributed by atoms with Crippen LogP contribution in [0.15, 0.2) is 24.3 Å². The molecule has 8 heteroatoms. The van der Waals surface area contributed by atoms with Crippen molar-refractivity contribution in [2.45, 2.75) is 6.42 Å². The Kier molecular flexibility index (Phi) is 5.87. The quantitative estimate of drug-likeness (QED) is 0.764. The maximum Gasteiger partial charge on any atom is 0.320 e. The highest BCUT2D eigenvalue weighted by atomic mass is 32.2. The van der Waals surface area contributed by atoms with E-state index in [1.807, 2.05) is 6.07 Å². The van der Waals surface area contributed by atoms with Gasteiger partial charge in [-0.3, -0.25) is 9.59 Å². The maximum absolute atomic E-state index is 11.6.